The number of likely N-dealkylation sites (tertiary alicyclic amines) is 1. The summed E-state index contributed by atoms with van der Waals surface area (Å²) in [5.41, 5.74) is 1.62. The number of benzene rings is 1. The first-order valence-electron chi connectivity index (χ1n) is 13.0. The molecule has 1 aromatic carbocycles. The predicted octanol–water partition coefficient (Wildman–Crippen LogP) is 4.45. The van der Waals surface area contributed by atoms with Crippen LogP contribution < -0.4 is 15.6 Å². The van der Waals surface area contributed by atoms with Gasteiger partial charge in [0.25, 0.3) is 5.56 Å². The molecule has 192 valence electrons. The van der Waals surface area contributed by atoms with Crippen molar-refractivity contribution in [3.05, 3.63) is 58.1 Å². The molecule has 0 radical (unpaired) electrons. The molecule has 0 unspecified atom stereocenters. The maximum Gasteiger partial charge on any atom is 0.275 e. The number of piperidine rings is 1. The molecule has 36 heavy (non-hydrogen) atoms. The highest BCUT2D eigenvalue weighted by Crippen LogP contribution is 2.36. The lowest BCUT2D eigenvalue weighted by atomic mass is 9.99. The number of amides is 1. The van der Waals surface area contributed by atoms with E-state index in [1.54, 1.807) is 22.6 Å². The molecule has 3 aromatic rings. The predicted molar refractivity (Wildman–Crippen MR) is 143 cm³/mol. The van der Waals surface area contributed by atoms with Gasteiger partial charge in [0, 0.05) is 48.5 Å². The molecule has 0 spiro atoms. The molecule has 1 N–H and O–H groups in total. The quantitative estimate of drug-likeness (QED) is 0.432. The van der Waals surface area contributed by atoms with Crippen LogP contribution >= 0.6 is 11.6 Å². The molecule has 1 saturated carbocycles. The van der Waals surface area contributed by atoms with E-state index in [9.17, 15) is 9.59 Å². The van der Waals surface area contributed by atoms with Crippen LogP contribution in [0.1, 0.15) is 39.5 Å². The number of fused-ring (bicyclic) bond motifs is 3. The van der Waals surface area contributed by atoms with Crippen molar-refractivity contribution in [3.8, 4) is 17.0 Å². The molecule has 1 aliphatic carbocycles. The van der Waals surface area contributed by atoms with Gasteiger partial charge in [-0.05, 0) is 63.5 Å². The smallest absolute Gasteiger partial charge is 0.275 e. The van der Waals surface area contributed by atoms with Gasteiger partial charge in [-0.2, -0.15) is 0 Å². The fraction of sp³-hybridized carbons (Fsp3) is 0.500. The Kier molecular flexibility index (Phi) is 7.39. The van der Waals surface area contributed by atoms with Gasteiger partial charge in [-0.25, -0.2) is 0 Å². The van der Waals surface area contributed by atoms with Gasteiger partial charge in [0.15, 0.2) is 0 Å². The number of aromatic nitrogens is 2. The lowest BCUT2D eigenvalue weighted by Crippen LogP contribution is -2.37. The maximum atomic E-state index is 13.5. The molecular weight excluding hydrogens is 476 g/mol. The van der Waals surface area contributed by atoms with Crippen molar-refractivity contribution in [3.63, 3.8) is 0 Å². The second-order valence-corrected chi connectivity index (χ2v) is 11.0. The summed E-state index contributed by atoms with van der Waals surface area (Å²) in [5, 5.41) is 3.44. The fourth-order valence-electron chi connectivity index (χ4n) is 5.78. The van der Waals surface area contributed by atoms with E-state index in [-0.39, 0.29) is 24.1 Å². The van der Waals surface area contributed by atoms with Crippen LogP contribution in [0.3, 0.4) is 0 Å². The van der Waals surface area contributed by atoms with Crippen LogP contribution in [-0.4, -0.2) is 52.1 Å². The highest BCUT2D eigenvalue weighted by Gasteiger charge is 2.32. The number of halogens is 1. The Labute approximate surface area is 217 Å². The molecule has 8 heteroatoms. The average molecular weight is 511 g/mol. The number of nitrogens with zero attached hydrogens (tertiary/aromatic N) is 3. The van der Waals surface area contributed by atoms with Gasteiger partial charge in [0.1, 0.15) is 17.8 Å². The van der Waals surface area contributed by atoms with Gasteiger partial charge in [-0.15, -0.1) is 0 Å². The topological polar surface area (TPSA) is 68.0 Å². The van der Waals surface area contributed by atoms with Crippen LogP contribution in [-0.2, 0) is 11.3 Å². The highest BCUT2D eigenvalue weighted by molar-refractivity contribution is 6.30. The minimum atomic E-state index is -0.245. The van der Waals surface area contributed by atoms with Crippen molar-refractivity contribution < 1.29 is 9.53 Å². The van der Waals surface area contributed by atoms with Gasteiger partial charge < -0.3 is 19.4 Å². The van der Waals surface area contributed by atoms with Gasteiger partial charge in [-0.3, -0.25) is 14.2 Å². The molecule has 3 heterocycles. The molecule has 2 bridgehead atoms. The van der Waals surface area contributed by atoms with E-state index in [1.807, 2.05) is 38.4 Å². The lowest BCUT2D eigenvalue weighted by Gasteiger charge is -2.31. The van der Waals surface area contributed by atoms with Gasteiger partial charge in [0.2, 0.25) is 5.91 Å². The third-order valence-electron chi connectivity index (χ3n) is 7.28. The Morgan fingerprint density at radius 2 is 1.94 bits per heavy atom. The Morgan fingerprint density at radius 3 is 2.67 bits per heavy atom. The number of rotatable bonds is 9. The number of carbonyl (C=O) groups excluding carboxylic acids is 1. The zero-order chi connectivity index (χ0) is 25.2. The lowest BCUT2D eigenvalue weighted by molar-refractivity contribution is -0.122. The standard InChI is InChI=1S/C28H35ClN4O3/c1-19(2)30-27(34)18-33-26(22-5-3-6-23(29)12-22)17-32-16-24(13-25(32)28(33)35)36-10-4-9-31-14-20-7-8-21(11-20)15-31/h3,5-6,12-13,16-17,19-21H,4,7-11,14-15,18H2,1-2H3,(H,30,34)/t20-,21+. The second-order valence-electron chi connectivity index (χ2n) is 10.6. The number of carbonyl (C=O) groups is 1. The summed E-state index contributed by atoms with van der Waals surface area (Å²) in [6.45, 7) is 7.83. The molecule has 1 saturated heterocycles. The monoisotopic (exact) mass is 510 g/mol. The van der Waals surface area contributed by atoms with Crippen molar-refractivity contribution in [2.24, 2.45) is 11.8 Å². The zero-order valence-electron chi connectivity index (χ0n) is 21.1. The average Bonchev–Trinajstić information content (AvgIpc) is 3.40. The van der Waals surface area contributed by atoms with Crippen molar-refractivity contribution >= 4 is 23.0 Å². The van der Waals surface area contributed by atoms with Crippen LogP contribution in [0.2, 0.25) is 5.02 Å². The van der Waals surface area contributed by atoms with Crippen LogP contribution in [0.25, 0.3) is 16.8 Å². The van der Waals surface area contributed by atoms with Crippen molar-refractivity contribution in [1.82, 2.24) is 19.2 Å². The summed E-state index contributed by atoms with van der Waals surface area (Å²) >= 11 is 6.23. The van der Waals surface area contributed by atoms with Crippen molar-refractivity contribution in [2.45, 2.75) is 52.1 Å². The van der Waals surface area contributed by atoms with Gasteiger partial charge in [0.05, 0.1) is 18.5 Å². The van der Waals surface area contributed by atoms with Crippen LogP contribution in [0.5, 0.6) is 5.75 Å². The number of ether oxygens (including phenoxy) is 1. The summed E-state index contributed by atoms with van der Waals surface area (Å²) in [4.78, 5) is 28.7. The first-order chi connectivity index (χ1) is 17.4. The summed E-state index contributed by atoms with van der Waals surface area (Å²) < 4.78 is 9.34. The second kappa shape index (κ2) is 10.7. The summed E-state index contributed by atoms with van der Waals surface area (Å²) in [6.07, 6.45) is 8.86. The summed E-state index contributed by atoms with van der Waals surface area (Å²) in [6, 6.07) is 9.06. The minimum Gasteiger partial charge on any atom is -0.492 e. The van der Waals surface area contributed by atoms with Crippen LogP contribution in [0.4, 0.5) is 0 Å². The third-order valence-corrected chi connectivity index (χ3v) is 7.52. The summed E-state index contributed by atoms with van der Waals surface area (Å²) in [5.74, 6) is 2.22. The van der Waals surface area contributed by atoms with Gasteiger partial charge >= 0.3 is 0 Å². The molecular formula is C28H35ClN4O3. The Balaban J connectivity index is 1.34. The largest absolute Gasteiger partial charge is 0.492 e. The van der Waals surface area contributed by atoms with E-state index in [4.69, 9.17) is 16.3 Å². The first-order valence-corrected chi connectivity index (χ1v) is 13.4. The van der Waals surface area contributed by atoms with E-state index < -0.39 is 0 Å². The van der Waals surface area contributed by atoms with Crippen molar-refractivity contribution in [2.75, 3.05) is 26.2 Å². The third kappa shape index (κ3) is 5.62. The molecule has 2 fully saturated rings. The van der Waals surface area contributed by atoms with Gasteiger partial charge in [-0.1, -0.05) is 23.7 Å². The van der Waals surface area contributed by atoms with E-state index in [0.717, 1.165) is 30.4 Å². The Hall–Kier alpha value is -2.77. The number of hydrogen-bond donors (Lipinski definition) is 1. The molecule has 1 amide bonds. The highest BCUT2D eigenvalue weighted by atomic mass is 35.5. The first kappa shape index (κ1) is 24.9. The molecule has 5 rings (SSSR count). The van der Waals surface area contributed by atoms with E-state index in [2.05, 4.69) is 10.2 Å². The Morgan fingerprint density at radius 1 is 1.17 bits per heavy atom. The fourth-order valence-corrected chi connectivity index (χ4v) is 5.97. The van der Waals surface area contributed by atoms with Crippen LogP contribution in [0, 0.1) is 11.8 Å². The number of hydrogen-bond acceptors (Lipinski definition) is 4. The van der Waals surface area contributed by atoms with E-state index in [1.165, 1.54) is 36.9 Å². The number of nitrogens with one attached hydrogen (secondary N) is 1. The molecule has 1 aliphatic heterocycles. The van der Waals surface area contributed by atoms with E-state index >= 15 is 0 Å². The molecule has 7 nitrogen and oxygen atoms in total. The summed E-state index contributed by atoms with van der Waals surface area (Å²) in [7, 11) is 0. The van der Waals surface area contributed by atoms with Crippen LogP contribution in [0.15, 0.2) is 47.5 Å². The zero-order valence-corrected chi connectivity index (χ0v) is 21.8. The molecule has 2 atom stereocenters. The normalized spacial score (nSPS) is 19.8. The molecule has 2 aromatic heterocycles. The molecule has 2 aliphatic rings. The van der Waals surface area contributed by atoms with E-state index in [0.29, 0.717) is 28.6 Å². The Bertz CT molecular complexity index is 1290. The minimum absolute atomic E-state index is 0.0139. The van der Waals surface area contributed by atoms with Crippen molar-refractivity contribution in [1.29, 1.82) is 0 Å². The maximum absolute atomic E-state index is 13.5. The SMILES string of the molecule is CC(C)NC(=O)Cn1c(-c2cccc(Cl)c2)cn2cc(OCCCN3C[C@@H]4CC[C@@H](C4)C3)cc2c1=O.